The van der Waals surface area contributed by atoms with Crippen molar-refractivity contribution in [1.82, 2.24) is 9.97 Å². The Bertz CT molecular complexity index is 1180. The SMILES string of the molecule is CCOc1ccc2nc(-c3ccccc3)nc(S[C@H](C)C(=O)Nc3ccccc3)c2c1. The molecule has 1 atom stereocenters. The van der Waals surface area contributed by atoms with Gasteiger partial charge in [-0.1, -0.05) is 60.3 Å². The monoisotopic (exact) mass is 429 g/mol. The summed E-state index contributed by atoms with van der Waals surface area (Å²) in [6.45, 7) is 4.41. The van der Waals surface area contributed by atoms with Gasteiger partial charge >= 0.3 is 0 Å². The highest BCUT2D eigenvalue weighted by Gasteiger charge is 2.19. The number of aromatic nitrogens is 2. The first kappa shape index (κ1) is 20.9. The van der Waals surface area contributed by atoms with Gasteiger partial charge in [-0.05, 0) is 44.2 Å². The van der Waals surface area contributed by atoms with E-state index < -0.39 is 0 Å². The van der Waals surface area contributed by atoms with Crippen LogP contribution in [0.2, 0.25) is 0 Å². The van der Waals surface area contributed by atoms with Crippen LogP contribution >= 0.6 is 11.8 Å². The summed E-state index contributed by atoms with van der Waals surface area (Å²) in [6, 6.07) is 25.1. The zero-order chi connectivity index (χ0) is 21.6. The highest BCUT2D eigenvalue weighted by Crippen LogP contribution is 2.33. The zero-order valence-corrected chi connectivity index (χ0v) is 18.2. The van der Waals surface area contributed by atoms with Crippen molar-refractivity contribution in [2.24, 2.45) is 0 Å². The molecule has 0 aliphatic heterocycles. The summed E-state index contributed by atoms with van der Waals surface area (Å²) in [7, 11) is 0. The molecule has 1 heterocycles. The molecule has 5 nitrogen and oxygen atoms in total. The van der Waals surface area contributed by atoms with Crippen molar-refractivity contribution < 1.29 is 9.53 Å². The molecule has 156 valence electrons. The topological polar surface area (TPSA) is 64.1 Å². The standard InChI is InChI=1S/C25H23N3O2S/c1-3-30-20-14-15-22-21(16-20)25(28-23(27-22)18-10-6-4-7-11-18)31-17(2)24(29)26-19-12-8-5-9-13-19/h4-17H,3H2,1-2H3,(H,26,29)/t17-/m1/s1. The second kappa shape index (κ2) is 9.62. The van der Waals surface area contributed by atoms with E-state index in [4.69, 9.17) is 14.7 Å². The average Bonchev–Trinajstić information content (AvgIpc) is 2.80. The number of thioether (sulfide) groups is 1. The van der Waals surface area contributed by atoms with E-state index in [1.54, 1.807) is 0 Å². The molecule has 0 unspecified atom stereocenters. The lowest BCUT2D eigenvalue weighted by atomic mass is 10.2. The van der Waals surface area contributed by atoms with Crippen LogP contribution in [0, 0.1) is 0 Å². The minimum Gasteiger partial charge on any atom is -0.494 e. The Morgan fingerprint density at radius 3 is 2.42 bits per heavy atom. The van der Waals surface area contributed by atoms with Crippen LogP contribution in [0.4, 0.5) is 5.69 Å². The van der Waals surface area contributed by atoms with Crippen LogP contribution in [0.5, 0.6) is 5.75 Å². The Hall–Kier alpha value is -3.38. The van der Waals surface area contributed by atoms with Crippen LogP contribution in [0.15, 0.2) is 83.9 Å². The number of carbonyl (C=O) groups excluding carboxylic acids is 1. The number of fused-ring (bicyclic) bond motifs is 1. The van der Waals surface area contributed by atoms with Crippen LogP contribution < -0.4 is 10.1 Å². The van der Waals surface area contributed by atoms with E-state index in [0.29, 0.717) is 12.4 Å². The van der Waals surface area contributed by atoms with Gasteiger partial charge < -0.3 is 10.1 Å². The smallest absolute Gasteiger partial charge is 0.237 e. The maximum absolute atomic E-state index is 12.8. The molecule has 4 aromatic rings. The van der Waals surface area contributed by atoms with Gasteiger partial charge in [0, 0.05) is 16.6 Å². The van der Waals surface area contributed by atoms with Crippen molar-refractivity contribution in [1.29, 1.82) is 0 Å². The Morgan fingerprint density at radius 1 is 1.00 bits per heavy atom. The molecule has 0 aliphatic rings. The van der Waals surface area contributed by atoms with Crippen molar-refractivity contribution in [2.45, 2.75) is 24.1 Å². The van der Waals surface area contributed by atoms with Crippen molar-refractivity contribution in [3.63, 3.8) is 0 Å². The number of nitrogens with zero attached hydrogens (tertiary/aromatic N) is 2. The van der Waals surface area contributed by atoms with Crippen molar-refractivity contribution in [3.8, 4) is 17.1 Å². The van der Waals surface area contributed by atoms with Crippen LogP contribution in [0.1, 0.15) is 13.8 Å². The normalized spacial score (nSPS) is 11.8. The third-order valence-corrected chi connectivity index (χ3v) is 5.78. The van der Waals surface area contributed by atoms with E-state index in [2.05, 4.69) is 5.32 Å². The molecule has 0 bridgehead atoms. The molecule has 1 N–H and O–H groups in total. The zero-order valence-electron chi connectivity index (χ0n) is 17.4. The van der Waals surface area contributed by atoms with Gasteiger partial charge in [0.25, 0.3) is 0 Å². The molecule has 0 saturated heterocycles. The van der Waals surface area contributed by atoms with E-state index in [9.17, 15) is 4.79 Å². The second-order valence-corrected chi connectivity index (χ2v) is 8.28. The fourth-order valence-electron chi connectivity index (χ4n) is 3.13. The van der Waals surface area contributed by atoms with Gasteiger partial charge in [-0.3, -0.25) is 4.79 Å². The fraction of sp³-hybridized carbons (Fsp3) is 0.160. The summed E-state index contributed by atoms with van der Waals surface area (Å²) in [5.41, 5.74) is 2.52. The number of rotatable bonds is 7. The predicted molar refractivity (Wildman–Crippen MR) is 127 cm³/mol. The number of para-hydroxylation sites is 1. The number of hydrogen-bond donors (Lipinski definition) is 1. The van der Waals surface area contributed by atoms with Gasteiger partial charge in [0.05, 0.1) is 17.4 Å². The van der Waals surface area contributed by atoms with E-state index in [-0.39, 0.29) is 11.2 Å². The number of amides is 1. The molecule has 0 fully saturated rings. The number of carbonyl (C=O) groups is 1. The Balaban J connectivity index is 1.69. The van der Waals surface area contributed by atoms with E-state index in [0.717, 1.165) is 32.9 Å². The van der Waals surface area contributed by atoms with Gasteiger partial charge in [-0.15, -0.1) is 0 Å². The maximum atomic E-state index is 12.8. The van der Waals surface area contributed by atoms with E-state index in [1.807, 2.05) is 92.7 Å². The third-order valence-electron chi connectivity index (χ3n) is 4.67. The van der Waals surface area contributed by atoms with E-state index in [1.165, 1.54) is 11.8 Å². The number of anilines is 1. The Kier molecular flexibility index (Phi) is 6.48. The van der Waals surface area contributed by atoms with Gasteiger partial charge in [-0.2, -0.15) is 0 Å². The summed E-state index contributed by atoms with van der Waals surface area (Å²) in [5, 5.41) is 4.23. The lowest BCUT2D eigenvalue weighted by Gasteiger charge is -2.14. The minimum absolute atomic E-state index is 0.0785. The maximum Gasteiger partial charge on any atom is 0.237 e. The quantitative estimate of drug-likeness (QED) is 0.296. The Labute approximate surface area is 185 Å². The fourth-order valence-corrected chi connectivity index (χ4v) is 4.06. The highest BCUT2D eigenvalue weighted by molar-refractivity contribution is 8.00. The highest BCUT2D eigenvalue weighted by atomic mass is 32.2. The molecule has 0 aliphatic carbocycles. The Morgan fingerprint density at radius 2 is 1.71 bits per heavy atom. The second-order valence-electron chi connectivity index (χ2n) is 6.95. The van der Waals surface area contributed by atoms with Crippen molar-refractivity contribution >= 4 is 34.3 Å². The van der Waals surface area contributed by atoms with Crippen LogP contribution in [0.25, 0.3) is 22.3 Å². The molecule has 4 rings (SSSR count). The summed E-state index contributed by atoms with van der Waals surface area (Å²) >= 11 is 1.42. The first-order valence-corrected chi connectivity index (χ1v) is 11.0. The number of hydrogen-bond acceptors (Lipinski definition) is 5. The molecular weight excluding hydrogens is 406 g/mol. The minimum atomic E-state index is -0.349. The van der Waals surface area contributed by atoms with Gasteiger partial charge in [0.2, 0.25) is 5.91 Å². The summed E-state index contributed by atoms with van der Waals surface area (Å²) in [4.78, 5) is 22.3. The number of nitrogens with one attached hydrogen (secondary N) is 1. The van der Waals surface area contributed by atoms with Crippen molar-refractivity contribution in [3.05, 3.63) is 78.9 Å². The molecule has 3 aromatic carbocycles. The molecule has 1 amide bonds. The molecule has 0 spiro atoms. The largest absolute Gasteiger partial charge is 0.494 e. The lowest BCUT2D eigenvalue weighted by molar-refractivity contribution is -0.115. The summed E-state index contributed by atoms with van der Waals surface area (Å²) in [6.07, 6.45) is 0. The molecule has 6 heteroatoms. The van der Waals surface area contributed by atoms with Gasteiger partial charge in [0.15, 0.2) is 5.82 Å². The average molecular weight is 430 g/mol. The molecular formula is C25H23N3O2S. The molecule has 0 radical (unpaired) electrons. The lowest BCUT2D eigenvalue weighted by Crippen LogP contribution is -2.22. The predicted octanol–water partition coefficient (Wildman–Crippen LogP) is 5.81. The summed E-state index contributed by atoms with van der Waals surface area (Å²) < 4.78 is 5.67. The number of benzene rings is 3. The third kappa shape index (κ3) is 5.03. The van der Waals surface area contributed by atoms with Crippen molar-refractivity contribution in [2.75, 3.05) is 11.9 Å². The molecule has 31 heavy (non-hydrogen) atoms. The van der Waals surface area contributed by atoms with Gasteiger partial charge in [-0.25, -0.2) is 9.97 Å². The first-order valence-electron chi connectivity index (χ1n) is 10.2. The van der Waals surface area contributed by atoms with Crippen LogP contribution in [-0.2, 0) is 4.79 Å². The van der Waals surface area contributed by atoms with Gasteiger partial charge in [0.1, 0.15) is 10.8 Å². The van der Waals surface area contributed by atoms with Crippen LogP contribution in [-0.4, -0.2) is 27.7 Å². The van der Waals surface area contributed by atoms with Crippen LogP contribution in [0.3, 0.4) is 0 Å². The van der Waals surface area contributed by atoms with E-state index >= 15 is 0 Å². The first-order chi connectivity index (χ1) is 15.1. The summed E-state index contributed by atoms with van der Waals surface area (Å²) in [5.74, 6) is 1.31. The number of ether oxygens (including phenoxy) is 1. The molecule has 0 saturated carbocycles. The molecule has 1 aromatic heterocycles.